The van der Waals surface area contributed by atoms with Crippen LogP contribution in [0.4, 0.5) is 0 Å². The SMILES string of the molecule is COc1ncc(-c2ccc(C(=O)NS(=O)(=O)c3cccc(C)n3)c(Oc3c(C)cc(C)cc3C)n2)cc1Cl.[HH].[HH]. The lowest BCUT2D eigenvalue weighted by Crippen LogP contribution is -2.31. The molecule has 4 aromatic rings. The number of methoxy groups -OCH3 is 1. The highest BCUT2D eigenvalue weighted by Gasteiger charge is 2.25. The minimum Gasteiger partial charge on any atom is -0.480 e. The average Bonchev–Trinajstić information content (AvgIpc) is 2.85. The molecule has 38 heavy (non-hydrogen) atoms. The number of rotatable bonds is 7. The van der Waals surface area contributed by atoms with Gasteiger partial charge in [0, 0.05) is 20.3 Å². The van der Waals surface area contributed by atoms with Gasteiger partial charge in [0.25, 0.3) is 15.9 Å². The highest BCUT2D eigenvalue weighted by Crippen LogP contribution is 2.33. The Balaban J connectivity index is 0.00000280. The molecule has 0 saturated heterocycles. The van der Waals surface area contributed by atoms with E-state index < -0.39 is 15.9 Å². The normalized spacial score (nSPS) is 11.2. The topological polar surface area (TPSA) is 120 Å². The van der Waals surface area contributed by atoms with E-state index in [1.807, 2.05) is 32.9 Å². The zero-order chi connectivity index (χ0) is 27.6. The van der Waals surface area contributed by atoms with Crippen LogP contribution in [0.15, 0.2) is 59.8 Å². The summed E-state index contributed by atoms with van der Waals surface area (Å²) >= 11 is 6.25. The van der Waals surface area contributed by atoms with Crippen LogP contribution in [0.2, 0.25) is 5.02 Å². The summed E-state index contributed by atoms with van der Waals surface area (Å²) in [6.07, 6.45) is 1.52. The second-order valence-electron chi connectivity index (χ2n) is 8.65. The van der Waals surface area contributed by atoms with Crippen LogP contribution in [0, 0.1) is 27.7 Å². The molecule has 0 aliphatic rings. The van der Waals surface area contributed by atoms with Gasteiger partial charge in [-0.15, -0.1) is 0 Å². The predicted octanol–water partition coefficient (Wildman–Crippen LogP) is 5.84. The van der Waals surface area contributed by atoms with Crippen molar-refractivity contribution in [1.29, 1.82) is 0 Å². The Hall–Kier alpha value is -4.02. The maximum Gasteiger partial charge on any atom is 0.281 e. The molecule has 0 unspecified atom stereocenters. The second-order valence-corrected chi connectivity index (χ2v) is 10.7. The van der Waals surface area contributed by atoms with E-state index in [-0.39, 0.29) is 30.2 Å². The van der Waals surface area contributed by atoms with E-state index in [1.54, 1.807) is 31.2 Å². The maximum atomic E-state index is 13.3. The number of aryl methyl sites for hydroxylation is 4. The smallest absolute Gasteiger partial charge is 0.281 e. The van der Waals surface area contributed by atoms with Crippen LogP contribution >= 0.6 is 11.6 Å². The molecule has 1 amide bonds. The number of aromatic nitrogens is 3. The van der Waals surface area contributed by atoms with Gasteiger partial charge in [-0.1, -0.05) is 35.4 Å². The molecule has 0 bridgehead atoms. The summed E-state index contributed by atoms with van der Waals surface area (Å²) in [7, 11) is -2.80. The molecule has 0 fully saturated rings. The van der Waals surface area contributed by atoms with Crippen molar-refractivity contribution in [1.82, 2.24) is 19.7 Å². The summed E-state index contributed by atoms with van der Waals surface area (Å²) in [5.74, 6) is -0.253. The van der Waals surface area contributed by atoms with Crippen LogP contribution in [0.25, 0.3) is 11.3 Å². The number of amides is 1. The second kappa shape index (κ2) is 10.8. The van der Waals surface area contributed by atoms with Crippen molar-refractivity contribution in [2.45, 2.75) is 32.7 Å². The standard InChI is InChI=1S/C27H25ClN4O5S.2H2/c1-15-11-16(2)24(17(3)12-15)37-26-20(25(33)32-38(34,35)23-8-6-7-18(4)30-23)9-10-22(31-26)19-13-21(28)27(36-5)29-14-19;;/h6-14H,1-5H3,(H,32,33);2*1H. The van der Waals surface area contributed by atoms with Crippen molar-refractivity contribution >= 4 is 27.5 Å². The highest BCUT2D eigenvalue weighted by molar-refractivity contribution is 7.90. The number of halogens is 1. The van der Waals surface area contributed by atoms with Gasteiger partial charge in [0.05, 0.1) is 12.8 Å². The predicted molar refractivity (Wildman–Crippen MR) is 148 cm³/mol. The summed E-state index contributed by atoms with van der Waals surface area (Å²) in [6.45, 7) is 7.37. The lowest BCUT2D eigenvalue weighted by Gasteiger charge is -2.16. The Morgan fingerprint density at radius 3 is 2.32 bits per heavy atom. The minimum atomic E-state index is -4.25. The van der Waals surface area contributed by atoms with Crippen molar-refractivity contribution in [2.24, 2.45) is 0 Å². The molecule has 0 aliphatic carbocycles. The molecule has 1 N–H and O–H groups in total. The lowest BCUT2D eigenvalue weighted by molar-refractivity contribution is 0.0978. The van der Waals surface area contributed by atoms with Crippen LogP contribution in [0.5, 0.6) is 17.5 Å². The third kappa shape index (κ3) is 5.76. The number of hydrogen-bond acceptors (Lipinski definition) is 8. The van der Waals surface area contributed by atoms with E-state index in [0.29, 0.717) is 22.7 Å². The number of nitrogens with one attached hydrogen (secondary N) is 1. The zero-order valence-corrected chi connectivity index (χ0v) is 22.9. The number of ether oxygens (including phenoxy) is 2. The number of benzene rings is 1. The summed E-state index contributed by atoms with van der Waals surface area (Å²) in [5, 5.41) is 0.000120. The fraction of sp³-hybridized carbons (Fsp3) is 0.185. The average molecular weight is 557 g/mol. The lowest BCUT2D eigenvalue weighted by atomic mass is 10.1. The quantitative estimate of drug-likeness (QED) is 0.301. The Kier molecular flexibility index (Phi) is 7.66. The fourth-order valence-electron chi connectivity index (χ4n) is 3.89. The Morgan fingerprint density at radius 2 is 1.68 bits per heavy atom. The third-order valence-corrected chi connectivity index (χ3v) is 7.07. The number of hydrogen-bond donors (Lipinski definition) is 1. The molecular formula is C27H29ClN4O5S. The van der Waals surface area contributed by atoms with Crippen molar-refractivity contribution in [3.05, 3.63) is 87.7 Å². The molecule has 0 saturated carbocycles. The fourth-order valence-corrected chi connectivity index (χ4v) is 5.11. The first-order chi connectivity index (χ1) is 18.0. The van der Waals surface area contributed by atoms with Crippen LogP contribution in [-0.2, 0) is 10.0 Å². The van der Waals surface area contributed by atoms with Gasteiger partial charge >= 0.3 is 0 Å². The van der Waals surface area contributed by atoms with E-state index >= 15 is 0 Å². The molecule has 11 heteroatoms. The van der Waals surface area contributed by atoms with E-state index in [0.717, 1.165) is 16.7 Å². The number of nitrogens with zero attached hydrogens (tertiary/aromatic N) is 3. The Morgan fingerprint density at radius 1 is 0.974 bits per heavy atom. The van der Waals surface area contributed by atoms with Gasteiger partial charge in [0.1, 0.15) is 16.3 Å². The molecular weight excluding hydrogens is 528 g/mol. The number of pyridine rings is 3. The summed E-state index contributed by atoms with van der Waals surface area (Å²) in [6, 6.07) is 13.0. The van der Waals surface area contributed by atoms with Crippen molar-refractivity contribution in [3.8, 4) is 28.8 Å². The van der Waals surface area contributed by atoms with Gasteiger partial charge in [0.15, 0.2) is 5.03 Å². The van der Waals surface area contributed by atoms with Gasteiger partial charge in [-0.25, -0.2) is 19.7 Å². The van der Waals surface area contributed by atoms with Crippen LogP contribution < -0.4 is 14.2 Å². The van der Waals surface area contributed by atoms with Gasteiger partial charge in [-0.05, 0) is 69.2 Å². The molecule has 200 valence electrons. The first-order valence-electron chi connectivity index (χ1n) is 11.5. The van der Waals surface area contributed by atoms with Crippen LogP contribution in [0.3, 0.4) is 0 Å². The monoisotopic (exact) mass is 556 g/mol. The first-order valence-corrected chi connectivity index (χ1v) is 13.3. The largest absolute Gasteiger partial charge is 0.480 e. The van der Waals surface area contributed by atoms with E-state index in [2.05, 4.69) is 19.7 Å². The molecule has 1 aromatic carbocycles. The summed E-state index contributed by atoms with van der Waals surface area (Å²) in [5.41, 5.74) is 4.05. The molecule has 3 heterocycles. The molecule has 0 spiro atoms. The molecule has 3 aromatic heterocycles. The van der Waals surface area contributed by atoms with Crippen LogP contribution in [-0.4, -0.2) is 36.4 Å². The number of carbonyl (C=O) groups excluding carboxylic acids is 1. The summed E-state index contributed by atoms with van der Waals surface area (Å²) in [4.78, 5) is 26.0. The minimum absolute atomic E-state index is 0. The number of sulfonamides is 1. The maximum absolute atomic E-state index is 13.3. The van der Waals surface area contributed by atoms with Crippen molar-refractivity contribution < 1.29 is 25.5 Å². The number of carbonyl (C=O) groups is 1. The molecule has 4 rings (SSSR count). The van der Waals surface area contributed by atoms with Gasteiger partial charge in [0.2, 0.25) is 11.8 Å². The third-order valence-electron chi connectivity index (χ3n) is 5.57. The molecule has 0 radical (unpaired) electrons. The van der Waals surface area contributed by atoms with Crippen molar-refractivity contribution in [2.75, 3.05) is 7.11 Å². The highest BCUT2D eigenvalue weighted by atomic mass is 35.5. The van der Waals surface area contributed by atoms with E-state index in [9.17, 15) is 13.2 Å². The molecule has 0 atom stereocenters. The zero-order valence-electron chi connectivity index (χ0n) is 21.4. The van der Waals surface area contributed by atoms with E-state index in [1.165, 1.54) is 25.4 Å². The van der Waals surface area contributed by atoms with Gasteiger partial charge in [-0.2, -0.15) is 8.42 Å². The van der Waals surface area contributed by atoms with Gasteiger partial charge in [-0.3, -0.25) is 4.79 Å². The molecule has 9 nitrogen and oxygen atoms in total. The Labute approximate surface area is 228 Å². The first kappa shape index (κ1) is 27.0. The van der Waals surface area contributed by atoms with Crippen molar-refractivity contribution in [3.63, 3.8) is 0 Å². The summed E-state index contributed by atoms with van der Waals surface area (Å²) < 4.78 is 39.1. The van der Waals surface area contributed by atoms with Gasteiger partial charge < -0.3 is 9.47 Å². The molecule has 0 aliphatic heterocycles. The van der Waals surface area contributed by atoms with E-state index in [4.69, 9.17) is 21.1 Å². The van der Waals surface area contributed by atoms with Crippen LogP contribution in [0.1, 0.15) is 35.6 Å². The Bertz CT molecular complexity index is 1650.